The molecule has 0 aliphatic heterocycles. The number of carbonyl (C=O) groups is 1. The largest absolute Gasteiger partial charge is 0.496 e. The third-order valence-corrected chi connectivity index (χ3v) is 6.57. The molecule has 0 N–H and O–H groups in total. The Morgan fingerprint density at radius 3 is 1.57 bits per heavy atom. The van der Waals surface area contributed by atoms with Gasteiger partial charge in [-0.15, -0.1) is 0 Å². The fraction of sp³-hybridized carbons (Fsp3) is 0.108. The molecule has 0 fully saturated rings. The number of ketones is 1. The molecular formula is C37H32O5. The molecule has 5 aromatic rings. The van der Waals surface area contributed by atoms with Crippen LogP contribution in [0, 0.1) is 0 Å². The molecule has 210 valence electrons. The predicted octanol–water partition coefficient (Wildman–Crippen LogP) is 8.33. The molecule has 0 unspecified atom stereocenters. The maximum absolute atomic E-state index is 13.4. The van der Waals surface area contributed by atoms with E-state index in [4.69, 9.17) is 18.9 Å². The summed E-state index contributed by atoms with van der Waals surface area (Å²) in [4.78, 5) is 13.4. The Bertz CT molecular complexity index is 1610. The predicted molar refractivity (Wildman–Crippen MR) is 165 cm³/mol. The standard InChI is InChI=1S/C37H32O5/c1-39-36-23-32(40-25-28-11-5-2-6-12-28)19-17-31(36)18-22-35(38)34-21-20-33(41-26-29-13-7-3-8-14-29)24-37(34)42-27-30-15-9-4-10-16-30/h2-24H,25-27H2,1H3. The van der Waals surface area contributed by atoms with Crippen LogP contribution in [0.3, 0.4) is 0 Å². The van der Waals surface area contributed by atoms with Gasteiger partial charge in [0.25, 0.3) is 0 Å². The van der Waals surface area contributed by atoms with E-state index in [1.54, 1.807) is 31.4 Å². The lowest BCUT2D eigenvalue weighted by atomic mass is 10.1. The molecule has 5 rings (SSSR count). The minimum absolute atomic E-state index is 0.195. The zero-order valence-electron chi connectivity index (χ0n) is 23.4. The molecule has 0 bridgehead atoms. The van der Waals surface area contributed by atoms with E-state index in [-0.39, 0.29) is 5.78 Å². The van der Waals surface area contributed by atoms with Crippen LogP contribution in [0.2, 0.25) is 0 Å². The molecule has 0 atom stereocenters. The van der Waals surface area contributed by atoms with Crippen molar-refractivity contribution in [1.29, 1.82) is 0 Å². The van der Waals surface area contributed by atoms with Gasteiger partial charge >= 0.3 is 0 Å². The quantitative estimate of drug-likeness (QED) is 0.108. The number of carbonyl (C=O) groups excluding carboxylic acids is 1. The molecule has 5 heteroatoms. The molecule has 42 heavy (non-hydrogen) atoms. The van der Waals surface area contributed by atoms with E-state index in [9.17, 15) is 4.79 Å². The van der Waals surface area contributed by atoms with Crippen LogP contribution in [0.25, 0.3) is 6.08 Å². The fourth-order valence-electron chi connectivity index (χ4n) is 4.31. The lowest BCUT2D eigenvalue weighted by Crippen LogP contribution is -2.04. The van der Waals surface area contributed by atoms with Gasteiger partial charge in [0, 0.05) is 17.7 Å². The van der Waals surface area contributed by atoms with E-state index in [0.29, 0.717) is 48.4 Å². The number of hydrogen-bond donors (Lipinski definition) is 0. The van der Waals surface area contributed by atoms with Crippen molar-refractivity contribution in [3.63, 3.8) is 0 Å². The van der Waals surface area contributed by atoms with Crippen molar-refractivity contribution in [1.82, 2.24) is 0 Å². The number of methoxy groups -OCH3 is 1. The Morgan fingerprint density at radius 1 is 0.571 bits per heavy atom. The average molecular weight is 557 g/mol. The van der Waals surface area contributed by atoms with E-state index in [2.05, 4.69) is 0 Å². The van der Waals surface area contributed by atoms with Gasteiger partial charge in [-0.1, -0.05) is 91.0 Å². The van der Waals surface area contributed by atoms with Gasteiger partial charge in [-0.05, 0) is 53.1 Å². The van der Waals surface area contributed by atoms with Gasteiger partial charge < -0.3 is 18.9 Å². The molecule has 0 spiro atoms. The Labute approximate surface area is 246 Å². The minimum Gasteiger partial charge on any atom is -0.496 e. The molecule has 0 aliphatic rings. The van der Waals surface area contributed by atoms with E-state index in [1.165, 1.54) is 6.08 Å². The van der Waals surface area contributed by atoms with E-state index >= 15 is 0 Å². The highest BCUT2D eigenvalue weighted by atomic mass is 16.5. The van der Waals surface area contributed by atoms with Crippen LogP contribution in [0.15, 0.2) is 133 Å². The normalized spacial score (nSPS) is 10.8. The first-order valence-electron chi connectivity index (χ1n) is 13.7. The summed E-state index contributed by atoms with van der Waals surface area (Å²) in [5.41, 5.74) is 4.33. The topological polar surface area (TPSA) is 54.0 Å². The van der Waals surface area contributed by atoms with Crippen molar-refractivity contribution in [3.8, 4) is 23.0 Å². The van der Waals surface area contributed by atoms with Crippen LogP contribution < -0.4 is 18.9 Å². The van der Waals surface area contributed by atoms with Gasteiger partial charge in [-0.2, -0.15) is 0 Å². The first-order chi connectivity index (χ1) is 20.7. The molecular weight excluding hydrogens is 524 g/mol. The highest BCUT2D eigenvalue weighted by molar-refractivity contribution is 6.08. The third-order valence-electron chi connectivity index (χ3n) is 6.57. The van der Waals surface area contributed by atoms with Crippen LogP contribution in [0.4, 0.5) is 0 Å². The van der Waals surface area contributed by atoms with Crippen LogP contribution >= 0.6 is 0 Å². The zero-order chi connectivity index (χ0) is 29.0. The highest BCUT2D eigenvalue weighted by Gasteiger charge is 2.14. The molecule has 0 aliphatic carbocycles. The second kappa shape index (κ2) is 14.4. The maximum Gasteiger partial charge on any atom is 0.189 e. The number of ether oxygens (including phenoxy) is 4. The van der Waals surface area contributed by atoms with E-state index in [0.717, 1.165) is 22.3 Å². The lowest BCUT2D eigenvalue weighted by molar-refractivity contribution is 0.104. The fourth-order valence-corrected chi connectivity index (χ4v) is 4.31. The highest BCUT2D eigenvalue weighted by Crippen LogP contribution is 2.29. The van der Waals surface area contributed by atoms with Crippen LogP contribution in [-0.2, 0) is 19.8 Å². The molecule has 0 amide bonds. The summed E-state index contributed by atoms with van der Waals surface area (Å²) in [6.45, 7) is 1.19. The number of benzene rings is 5. The summed E-state index contributed by atoms with van der Waals surface area (Å²) < 4.78 is 23.6. The average Bonchev–Trinajstić information content (AvgIpc) is 3.06. The van der Waals surface area contributed by atoms with Crippen molar-refractivity contribution in [2.45, 2.75) is 19.8 Å². The summed E-state index contributed by atoms with van der Waals surface area (Å²) >= 11 is 0. The molecule has 0 aromatic heterocycles. The summed E-state index contributed by atoms with van der Waals surface area (Å²) in [6.07, 6.45) is 3.26. The van der Waals surface area contributed by atoms with Gasteiger partial charge in [-0.3, -0.25) is 4.79 Å². The van der Waals surface area contributed by atoms with Crippen LogP contribution in [0.5, 0.6) is 23.0 Å². The Balaban J connectivity index is 1.31. The molecule has 0 saturated heterocycles. The Kier molecular flexibility index (Phi) is 9.67. The zero-order valence-corrected chi connectivity index (χ0v) is 23.4. The number of allylic oxidation sites excluding steroid dienone is 1. The molecule has 5 aromatic carbocycles. The molecule has 5 nitrogen and oxygen atoms in total. The van der Waals surface area contributed by atoms with Crippen molar-refractivity contribution >= 4 is 11.9 Å². The van der Waals surface area contributed by atoms with Gasteiger partial charge in [0.05, 0.1) is 12.7 Å². The summed E-state index contributed by atoms with van der Waals surface area (Å²) in [5, 5.41) is 0. The Morgan fingerprint density at radius 2 is 1.05 bits per heavy atom. The third kappa shape index (κ3) is 7.89. The van der Waals surface area contributed by atoms with Crippen molar-refractivity contribution in [3.05, 3.63) is 161 Å². The van der Waals surface area contributed by atoms with E-state index < -0.39 is 0 Å². The van der Waals surface area contributed by atoms with Crippen molar-refractivity contribution in [2.24, 2.45) is 0 Å². The summed E-state index contributed by atoms with van der Waals surface area (Å²) in [6, 6.07) is 40.6. The number of hydrogen-bond acceptors (Lipinski definition) is 5. The molecule has 0 saturated carbocycles. The van der Waals surface area contributed by atoms with Gasteiger partial charge in [0.15, 0.2) is 5.78 Å². The second-order valence-corrected chi connectivity index (χ2v) is 9.58. The van der Waals surface area contributed by atoms with Crippen molar-refractivity contribution in [2.75, 3.05) is 7.11 Å². The van der Waals surface area contributed by atoms with Crippen LogP contribution in [0.1, 0.15) is 32.6 Å². The summed E-state index contributed by atoms with van der Waals surface area (Å²) in [5.74, 6) is 2.17. The van der Waals surface area contributed by atoms with Crippen molar-refractivity contribution < 1.29 is 23.7 Å². The maximum atomic E-state index is 13.4. The molecule has 0 radical (unpaired) electrons. The van der Waals surface area contributed by atoms with Gasteiger partial charge in [-0.25, -0.2) is 0 Å². The first kappa shape index (κ1) is 28.2. The van der Waals surface area contributed by atoms with Crippen LogP contribution in [-0.4, -0.2) is 12.9 Å². The monoisotopic (exact) mass is 556 g/mol. The SMILES string of the molecule is COc1cc(OCc2ccccc2)ccc1C=CC(=O)c1ccc(OCc2ccccc2)cc1OCc1ccccc1. The summed E-state index contributed by atoms with van der Waals surface area (Å²) in [7, 11) is 1.60. The van der Waals surface area contributed by atoms with Gasteiger partial charge in [0.1, 0.15) is 42.8 Å². The second-order valence-electron chi connectivity index (χ2n) is 9.58. The minimum atomic E-state index is -0.195. The molecule has 0 heterocycles. The lowest BCUT2D eigenvalue weighted by Gasteiger charge is -2.13. The first-order valence-corrected chi connectivity index (χ1v) is 13.7. The van der Waals surface area contributed by atoms with Gasteiger partial charge in [0.2, 0.25) is 0 Å². The van der Waals surface area contributed by atoms with E-state index in [1.807, 2.05) is 109 Å². The Hall–Kier alpha value is -5.29. The number of rotatable bonds is 13. The smallest absolute Gasteiger partial charge is 0.189 e.